The van der Waals surface area contributed by atoms with Crippen molar-refractivity contribution in [2.24, 2.45) is 58.3 Å². The van der Waals surface area contributed by atoms with Crippen LogP contribution in [0.3, 0.4) is 0 Å². The standard InChI is InChI=1S/C74H125N17O15/c1-41(2)38-55(69(100)91-61(45(9)10)74(105)106)87-72(103)59(43(5)6)89-70(101)57(40-49-30-32-50(92)33-31-49)86-68(99)56(39-48-24-14-13-15-25-48)85-63(94)47(12)80-62(93)46(11)81-71(102)58(42(3)4)90-73(104)60(44(7)8)88-67(98)54(29-19-23-37-78)84-66(97)53(28-18-22-36-77)83-65(96)52(27-17-21-35-76)82-64(95)51(79)26-16-20-34-75/h13-15,24-25,30-33,41-47,51-61,92H,16-23,26-29,34-40,75-79H2,1-12H3,(H,80,93)(H,81,102)(H,82,95)(H,83,96)(H,84,97)(H,85,94)(H,86,99)(H,87,103)(H,88,98)(H,89,101)(H,90,104)(H,91,100)(H,105,106)/t46-,47-,51-,52-,53-,54-,55-,56-,57-,58-,59-,60-,61-/m0/s1. The normalized spacial score (nSPS) is 15.1. The van der Waals surface area contributed by atoms with Crippen molar-refractivity contribution < 1.29 is 72.5 Å². The van der Waals surface area contributed by atoms with Crippen LogP contribution in [0.15, 0.2) is 54.6 Å². The number of carbonyl (C=O) groups is 13. The lowest BCUT2D eigenvalue weighted by Crippen LogP contribution is -2.62. The maximum atomic E-state index is 14.7. The third kappa shape index (κ3) is 34.2. The van der Waals surface area contributed by atoms with Gasteiger partial charge in [-0.1, -0.05) is 118 Å². The quantitative estimate of drug-likeness (QED) is 0.0376. The van der Waals surface area contributed by atoms with Gasteiger partial charge in [-0.25, -0.2) is 4.79 Å². The van der Waals surface area contributed by atoms with Crippen LogP contribution in [0.5, 0.6) is 5.75 Å². The number of hydrogen-bond acceptors (Lipinski definition) is 19. The van der Waals surface area contributed by atoms with Crippen LogP contribution in [0, 0.1) is 29.6 Å². The van der Waals surface area contributed by atoms with Crippen LogP contribution >= 0.6 is 0 Å². The Morgan fingerprint density at radius 3 is 1.02 bits per heavy atom. The first-order chi connectivity index (χ1) is 50.0. The van der Waals surface area contributed by atoms with Gasteiger partial charge in [0.1, 0.15) is 78.3 Å². The Kier molecular flexibility index (Phi) is 43.2. The van der Waals surface area contributed by atoms with Crippen molar-refractivity contribution in [1.82, 2.24) is 63.8 Å². The predicted octanol–water partition coefficient (Wildman–Crippen LogP) is -0.367. The highest BCUT2D eigenvalue weighted by Gasteiger charge is 2.38. The molecular weight excluding hydrogens is 1370 g/mol. The molecule has 596 valence electrons. The zero-order valence-electron chi connectivity index (χ0n) is 64.1. The molecule has 106 heavy (non-hydrogen) atoms. The molecule has 32 heteroatoms. The molecule has 24 N–H and O–H groups in total. The fourth-order valence-electron chi connectivity index (χ4n) is 11.3. The predicted molar refractivity (Wildman–Crippen MR) is 403 cm³/mol. The molecule has 13 atom stereocenters. The number of carbonyl (C=O) groups excluding carboxylic acids is 12. The Bertz CT molecular complexity index is 3120. The van der Waals surface area contributed by atoms with Gasteiger partial charge >= 0.3 is 5.97 Å². The van der Waals surface area contributed by atoms with E-state index in [1.54, 1.807) is 85.7 Å². The molecular formula is C74H125N17O15. The van der Waals surface area contributed by atoms with E-state index in [-0.39, 0.29) is 56.7 Å². The van der Waals surface area contributed by atoms with Crippen molar-refractivity contribution in [2.45, 2.75) is 258 Å². The van der Waals surface area contributed by atoms with Gasteiger partial charge in [0.2, 0.25) is 70.9 Å². The molecule has 0 heterocycles. The van der Waals surface area contributed by atoms with Crippen LogP contribution in [0.2, 0.25) is 0 Å². The Balaban J connectivity index is 2.39. The van der Waals surface area contributed by atoms with Gasteiger partial charge in [-0.05, 0) is 170 Å². The van der Waals surface area contributed by atoms with Crippen molar-refractivity contribution in [2.75, 3.05) is 26.2 Å². The smallest absolute Gasteiger partial charge is 0.326 e. The topological polar surface area (TPSA) is 537 Å². The summed E-state index contributed by atoms with van der Waals surface area (Å²) in [6.07, 6.45) is 4.56. The third-order valence-corrected chi connectivity index (χ3v) is 17.8. The minimum absolute atomic E-state index is 0.0738. The van der Waals surface area contributed by atoms with E-state index in [0.717, 1.165) is 0 Å². The van der Waals surface area contributed by atoms with E-state index in [2.05, 4.69) is 63.8 Å². The Morgan fingerprint density at radius 1 is 0.321 bits per heavy atom. The Hall–Kier alpha value is -8.85. The van der Waals surface area contributed by atoms with Gasteiger partial charge in [-0.15, -0.1) is 0 Å². The molecule has 0 saturated carbocycles. The monoisotopic (exact) mass is 1490 g/mol. The second kappa shape index (κ2) is 49.1. The molecule has 0 spiro atoms. The molecule has 0 fully saturated rings. The first-order valence-electron chi connectivity index (χ1n) is 37.3. The number of nitrogens with two attached hydrogens (primary N) is 5. The lowest BCUT2D eigenvalue weighted by atomic mass is 9.98. The second-order valence-electron chi connectivity index (χ2n) is 29.0. The Morgan fingerprint density at radius 2 is 0.613 bits per heavy atom. The summed E-state index contributed by atoms with van der Waals surface area (Å²) >= 11 is 0. The number of carboxylic acids is 1. The highest BCUT2D eigenvalue weighted by Crippen LogP contribution is 2.17. The van der Waals surface area contributed by atoms with Crippen molar-refractivity contribution in [1.29, 1.82) is 0 Å². The highest BCUT2D eigenvalue weighted by molar-refractivity contribution is 6.00. The van der Waals surface area contributed by atoms with E-state index < -0.39 is 179 Å². The fraction of sp³-hybridized carbons (Fsp3) is 0.662. The minimum atomic E-state index is -1.44. The summed E-state index contributed by atoms with van der Waals surface area (Å²) in [7, 11) is 0. The zero-order valence-corrected chi connectivity index (χ0v) is 64.1. The highest BCUT2D eigenvalue weighted by atomic mass is 16.4. The number of unbranched alkanes of at least 4 members (excludes halogenated alkanes) is 4. The van der Waals surface area contributed by atoms with E-state index in [0.29, 0.717) is 88.5 Å². The zero-order chi connectivity index (χ0) is 79.9. The lowest BCUT2D eigenvalue weighted by molar-refractivity contribution is -0.143. The number of aromatic hydroxyl groups is 1. The van der Waals surface area contributed by atoms with E-state index in [1.165, 1.54) is 38.1 Å². The number of phenolic OH excluding ortho intramolecular Hbond substituents is 1. The molecule has 0 unspecified atom stereocenters. The van der Waals surface area contributed by atoms with Gasteiger partial charge in [-0.2, -0.15) is 0 Å². The largest absolute Gasteiger partial charge is 0.508 e. The van der Waals surface area contributed by atoms with Gasteiger partial charge in [-0.3, -0.25) is 57.5 Å². The maximum absolute atomic E-state index is 14.7. The molecule has 2 aromatic rings. The summed E-state index contributed by atoms with van der Waals surface area (Å²) in [5.41, 5.74) is 30.2. The summed E-state index contributed by atoms with van der Waals surface area (Å²) in [6.45, 7) is 20.8. The van der Waals surface area contributed by atoms with Crippen molar-refractivity contribution in [3.63, 3.8) is 0 Å². The molecule has 12 amide bonds. The van der Waals surface area contributed by atoms with Crippen LogP contribution in [-0.4, -0.2) is 192 Å². The molecule has 0 saturated heterocycles. The van der Waals surface area contributed by atoms with Crippen molar-refractivity contribution in [3.8, 4) is 5.75 Å². The number of nitrogens with one attached hydrogen (secondary N) is 12. The van der Waals surface area contributed by atoms with Crippen LogP contribution in [0.25, 0.3) is 0 Å². The van der Waals surface area contributed by atoms with Crippen molar-refractivity contribution >= 4 is 76.9 Å². The van der Waals surface area contributed by atoms with E-state index >= 15 is 0 Å². The lowest BCUT2D eigenvalue weighted by Gasteiger charge is -2.30. The molecule has 0 aromatic heterocycles. The minimum Gasteiger partial charge on any atom is -0.508 e. The van der Waals surface area contributed by atoms with E-state index in [9.17, 15) is 72.5 Å². The van der Waals surface area contributed by atoms with Gasteiger partial charge in [0.25, 0.3) is 0 Å². The average Bonchev–Trinajstić information content (AvgIpc) is 0.847. The van der Waals surface area contributed by atoms with Gasteiger partial charge in [0.15, 0.2) is 0 Å². The summed E-state index contributed by atoms with van der Waals surface area (Å²) in [5.74, 6) is -12.9. The van der Waals surface area contributed by atoms with Crippen LogP contribution < -0.4 is 92.5 Å². The average molecular weight is 1490 g/mol. The first kappa shape index (κ1) is 93.2. The summed E-state index contributed by atoms with van der Waals surface area (Å²) < 4.78 is 0. The first-order valence-corrected chi connectivity index (χ1v) is 37.3. The van der Waals surface area contributed by atoms with Crippen LogP contribution in [-0.2, 0) is 75.2 Å². The summed E-state index contributed by atoms with van der Waals surface area (Å²) in [5, 5.41) is 52.1. The third-order valence-electron chi connectivity index (χ3n) is 17.8. The number of carboxylic acid groups (broad SMARTS) is 1. The second-order valence-corrected chi connectivity index (χ2v) is 29.0. The molecule has 0 bridgehead atoms. The molecule has 2 aromatic carbocycles. The van der Waals surface area contributed by atoms with Gasteiger partial charge in [0.05, 0.1) is 6.04 Å². The number of amides is 12. The van der Waals surface area contributed by atoms with Crippen LogP contribution in [0.4, 0.5) is 0 Å². The Labute approximate surface area is 624 Å². The van der Waals surface area contributed by atoms with Gasteiger partial charge in [0, 0.05) is 12.8 Å². The number of phenols is 1. The fourth-order valence-corrected chi connectivity index (χ4v) is 11.3. The molecule has 32 nitrogen and oxygen atoms in total. The number of rotatable bonds is 51. The maximum Gasteiger partial charge on any atom is 0.326 e. The van der Waals surface area contributed by atoms with Crippen LogP contribution in [0.1, 0.15) is 178 Å². The molecule has 0 aliphatic rings. The summed E-state index contributed by atoms with van der Waals surface area (Å²) in [4.78, 5) is 181. The number of benzene rings is 2. The molecule has 0 aliphatic heterocycles. The molecule has 2 rings (SSSR count). The van der Waals surface area contributed by atoms with Gasteiger partial charge < -0.3 is 103 Å². The molecule has 0 radical (unpaired) electrons. The van der Waals surface area contributed by atoms with E-state index in [1.807, 2.05) is 13.8 Å². The summed E-state index contributed by atoms with van der Waals surface area (Å²) in [6, 6.07) is -1.97. The number of hydrogen-bond donors (Lipinski definition) is 19. The van der Waals surface area contributed by atoms with E-state index in [4.69, 9.17) is 28.7 Å². The molecule has 0 aliphatic carbocycles. The van der Waals surface area contributed by atoms with Crippen molar-refractivity contribution in [3.05, 3.63) is 65.7 Å². The SMILES string of the molecule is CC(C)C[C@H](NC(=O)[C@@H](NC(=O)[C@H](Cc1ccc(O)cc1)NC(=O)[C@H](Cc1ccccc1)NC(=O)[C@H](C)NC(=O)[C@H](C)NC(=O)[C@@H](NC(=O)[C@@H](NC(=O)[C@H](CCCCN)NC(=O)[C@H](CCCCN)NC(=O)[C@H](CCCCN)NC(=O)[C@@H](N)CCCCN)C(C)C)C(C)C)C(C)C)C(=O)N[C@H](C(=O)O)C(C)C. The number of aliphatic carboxylic acids is 1.